The molecule has 2 aliphatic heterocycles. The molecule has 4 rings (SSSR count). The van der Waals surface area contributed by atoms with Gasteiger partial charge in [0, 0.05) is 24.1 Å². The quantitative estimate of drug-likeness (QED) is 0.760. The fraction of sp³-hybridized carbons (Fsp3) is 0.190. The number of nitriles is 1. The van der Waals surface area contributed by atoms with Crippen LogP contribution in [-0.2, 0) is 4.79 Å². The van der Waals surface area contributed by atoms with E-state index in [0.717, 1.165) is 4.90 Å². The number of benzene rings is 2. The van der Waals surface area contributed by atoms with Crippen LogP contribution in [0.5, 0.6) is 0 Å². The average molecular weight is 420 g/mol. The molecule has 9 heteroatoms. The van der Waals surface area contributed by atoms with Crippen LogP contribution in [0.25, 0.3) is 0 Å². The Balaban J connectivity index is 1.53. The molecule has 2 heterocycles. The van der Waals surface area contributed by atoms with Gasteiger partial charge in [0.2, 0.25) is 5.91 Å². The van der Waals surface area contributed by atoms with E-state index in [9.17, 15) is 19.2 Å². The lowest BCUT2D eigenvalue weighted by molar-refractivity contribution is -0.119. The van der Waals surface area contributed by atoms with E-state index in [0.29, 0.717) is 22.9 Å². The molecule has 2 aromatic carbocycles. The van der Waals surface area contributed by atoms with Gasteiger partial charge >= 0.3 is 0 Å². The van der Waals surface area contributed by atoms with Crippen molar-refractivity contribution in [2.75, 3.05) is 24.0 Å². The molecule has 1 unspecified atom stereocenters. The first-order valence-electron chi connectivity index (χ1n) is 9.07. The molecule has 0 bridgehead atoms. The molecule has 1 fully saturated rings. The summed E-state index contributed by atoms with van der Waals surface area (Å²) in [5.74, 6) is -0.767. The minimum Gasteiger partial charge on any atom is -0.324 e. The lowest BCUT2D eigenvalue weighted by atomic mass is 10.0. The van der Waals surface area contributed by atoms with Gasteiger partial charge in [-0.1, -0.05) is 0 Å². The number of nitrogens with zero attached hydrogens (tertiary/aromatic N) is 3. The van der Waals surface area contributed by atoms with Crippen LogP contribution in [0, 0.1) is 11.3 Å². The second-order valence-corrected chi connectivity index (χ2v) is 7.90. The molecule has 150 valence electrons. The summed E-state index contributed by atoms with van der Waals surface area (Å²) in [6.45, 7) is 0. The Labute approximate surface area is 176 Å². The molecular weight excluding hydrogens is 404 g/mol. The molecule has 1 N–H and O–H groups in total. The van der Waals surface area contributed by atoms with E-state index < -0.39 is 17.9 Å². The summed E-state index contributed by atoms with van der Waals surface area (Å²) in [4.78, 5) is 52.5. The van der Waals surface area contributed by atoms with Crippen molar-refractivity contribution in [1.29, 1.82) is 5.26 Å². The molecule has 0 radical (unpaired) electrons. The molecule has 1 atom stereocenters. The van der Waals surface area contributed by atoms with E-state index in [1.165, 1.54) is 41.9 Å². The van der Waals surface area contributed by atoms with Crippen molar-refractivity contribution in [3.8, 4) is 6.07 Å². The smallest absolute Gasteiger partial charge is 0.261 e. The van der Waals surface area contributed by atoms with Crippen molar-refractivity contribution < 1.29 is 19.2 Å². The van der Waals surface area contributed by atoms with Gasteiger partial charge in [0.25, 0.3) is 17.7 Å². The molecule has 0 spiro atoms. The highest BCUT2D eigenvalue weighted by Crippen LogP contribution is 2.27. The topological polar surface area (TPSA) is 111 Å². The van der Waals surface area contributed by atoms with Crippen LogP contribution in [0.4, 0.5) is 5.69 Å². The van der Waals surface area contributed by atoms with Crippen LogP contribution in [0.15, 0.2) is 42.5 Å². The molecule has 1 saturated heterocycles. The van der Waals surface area contributed by atoms with Crippen molar-refractivity contribution in [3.05, 3.63) is 64.7 Å². The van der Waals surface area contributed by atoms with Crippen LogP contribution in [0.2, 0.25) is 0 Å². The number of amides is 4. The largest absolute Gasteiger partial charge is 0.324 e. The van der Waals surface area contributed by atoms with Gasteiger partial charge in [0.05, 0.1) is 28.6 Å². The van der Waals surface area contributed by atoms with Gasteiger partial charge in [-0.15, -0.1) is 11.8 Å². The van der Waals surface area contributed by atoms with E-state index in [2.05, 4.69) is 5.32 Å². The highest BCUT2D eigenvalue weighted by molar-refractivity contribution is 7.99. The van der Waals surface area contributed by atoms with Gasteiger partial charge in [-0.25, -0.2) is 0 Å². The number of imide groups is 1. The second kappa shape index (κ2) is 7.65. The van der Waals surface area contributed by atoms with Gasteiger partial charge in [-0.3, -0.25) is 24.1 Å². The molecule has 4 amide bonds. The predicted octanol–water partition coefficient (Wildman–Crippen LogP) is 1.94. The Kier molecular flexibility index (Phi) is 5.01. The fourth-order valence-electron chi connectivity index (χ4n) is 3.37. The third-order valence-corrected chi connectivity index (χ3v) is 6.08. The summed E-state index contributed by atoms with van der Waals surface area (Å²) in [6.07, 6.45) is 0. The summed E-state index contributed by atoms with van der Waals surface area (Å²) in [5, 5.41) is 11.6. The van der Waals surface area contributed by atoms with Crippen LogP contribution >= 0.6 is 11.8 Å². The molecule has 30 heavy (non-hydrogen) atoms. The number of anilines is 1. The minimum atomic E-state index is -0.675. The number of thioether (sulfide) groups is 1. The summed E-state index contributed by atoms with van der Waals surface area (Å²) in [5.41, 5.74) is 1.73. The Morgan fingerprint density at radius 3 is 2.50 bits per heavy atom. The molecule has 2 aromatic rings. The van der Waals surface area contributed by atoms with Crippen LogP contribution in [-0.4, -0.2) is 58.1 Å². The Morgan fingerprint density at radius 2 is 1.80 bits per heavy atom. The first-order chi connectivity index (χ1) is 14.4. The molecule has 2 aliphatic rings. The maximum Gasteiger partial charge on any atom is 0.261 e. The van der Waals surface area contributed by atoms with Gasteiger partial charge in [-0.05, 0) is 42.5 Å². The third-order valence-electron chi connectivity index (χ3n) is 5.06. The lowest BCUT2D eigenvalue weighted by Crippen LogP contribution is -2.44. The van der Waals surface area contributed by atoms with Gasteiger partial charge < -0.3 is 10.2 Å². The average Bonchev–Trinajstić information content (AvgIpc) is 3.34. The van der Waals surface area contributed by atoms with Crippen LogP contribution in [0.3, 0.4) is 0 Å². The Bertz CT molecular complexity index is 1120. The SMILES string of the molecule is CN1C(=O)c2ccc(C(=O)N3CSCC3C(=O)Nc3ccc(C#N)cc3)cc2C1=O. The monoisotopic (exact) mass is 420 g/mol. The van der Waals surface area contributed by atoms with Gasteiger partial charge in [0.15, 0.2) is 0 Å². The maximum absolute atomic E-state index is 13.1. The summed E-state index contributed by atoms with van der Waals surface area (Å²) < 4.78 is 0. The first-order valence-corrected chi connectivity index (χ1v) is 10.2. The van der Waals surface area contributed by atoms with Crippen molar-refractivity contribution in [1.82, 2.24) is 9.80 Å². The molecule has 0 aliphatic carbocycles. The van der Waals surface area contributed by atoms with Crippen LogP contribution < -0.4 is 5.32 Å². The standard InChI is InChI=1S/C21H16N4O4S/c1-24-20(28)15-7-4-13(8-16(15)21(24)29)19(27)25-11-30-10-17(25)18(26)23-14-5-2-12(9-22)3-6-14/h2-8,17H,10-11H2,1H3,(H,23,26). The van der Waals surface area contributed by atoms with Crippen molar-refractivity contribution >= 4 is 41.1 Å². The van der Waals surface area contributed by atoms with Crippen molar-refractivity contribution in [2.24, 2.45) is 0 Å². The number of nitrogens with one attached hydrogen (secondary N) is 1. The number of hydrogen-bond donors (Lipinski definition) is 1. The van der Waals surface area contributed by atoms with E-state index in [-0.39, 0.29) is 28.5 Å². The normalized spacial score (nSPS) is 17.7. The Hall–Kier alpha value is -3.64. The van der Waals surface area contributed by atoms with E-state index in [1.54, 1.807) is 24.3 Å². The maximum atomic E-state index is 13.1. The van der Waals surface area contributed by atoms with Crippen LogP contribution in [0.1, 0.15) is 36.6 Å². The van der Waals surface area contributed by atoms with Crippen molar-refractivity contribution in [3.63, 3.8) is 0 Å². The highest BCUT2D eigenvalue weighted by Gasteiger charge is 2.37. The van der Waals surface area contributed by atoms with Gasteiger partial charge in [-0.2, -0.15) is 5.26 Å². The fourth-order valence-corrected chi connectivity index (χ4v) is 4.53. The zero-order valence-electron chi connectivity index (χ0n) is 15.9. The molecule has 8 nitrogen and oxygen atoms in total. The third kappa shape index (κ3) is 3.31. The zero-order chi connectivity index (χ0) is 21.4. The molecular formula is C21H16N4O4S. The number of carbonyl (C=O) groups is 4. The van der Waals surface area contributed by atoms with E-state index >= 15 is 0 Å². The Morgan fingerprint density at radius 1 is 1.10 bits per heavy atom. The summed E-state index contributed by atoms with van der Waals surface area (Å²) in [7, 11) is 1.40. The molecule has 0 saturated carbocycles. The van der Waals surface area contributed by atoms with E-state index in [1.807, 2.05) is 6.07 Å². The van der Waals surface area contributed by atoms with E-state index in [4.69, 9.17) is 5.26 Å². The summed E-state index contributed by atoms with van der Waals surface area (Å²) >= 11 is 1.46. The second-order valence-electron chi connectivity index (χ2n) is 6.90. The first kappa shape index (κ1) is 19.7. The zero-order valence-corrected chi connectivity index (χ0v) is 16.7. The number of carbonyl (C=O) groups excluding carboxylic acids is 4. The summed E-state index contributed by atoms with van der Waals surface area (Å²) in [6, 6.07) is 12.2. The number of fused-ring (bicyclic) bond motifs is 1. The highest BCUT2D eigenvalue weighted by atomic mass is 32.2. The predicted molar refractivity (Wildman–Crippen MR) is 110 cm³/mol. The van der Waals surface area contributed by atoms with Gasteiger partial charge in [0.1, 0.15) is 6.04 Å². The number of hydrogen-bond acceptors (Lipinski definition) is 6. The minimum absolute atomic E-state index is 0.193. The molecule has 0 aromatic heterocycles. The number of rotatable bonds is 3. The lowest BCUT2D eigenvalue weighted by Gasteiger charge is -2.23. The van der Waals surface area contributed by atoms with Crippen molar-refractivity contribution in [2.45, 2.75) is 6.04 Å².